The first-order valence-electron chi connectivity index (χ1n) is 9.88. The lowest BCUT2D eigenvalue weighted by Crippen LogP contribution is -2.18. The van der Waals surface area contributed by atoms with Crippen molar-refractivity contribution in [3.63, 3.8) is 0 Å². The fourth-order valence-corrected chi connectivity index (χ4v) is 2.92. The first kappa shape index (κ1) is 22.6. The largest absolute Gasteiger partial charge is 0.496 e. The molecule has 7 heteroatoms. The summed E-state index contributed by atoms with van der Waals surface area (Å²) < 4.78 is 15.8. The predicted octanol–water partition coefficient (Wildman–Crippen LogP) is 4.13. The van der Waals surface area contributed by atoms with Gasteiger partial charge in [-0.1, -0.05) is 30.3 Å². The Labute approximate surface area is 186 Å². The predicted molar refractivity (Wildman–Crippen MR) is 121 cm³/mol. The number of amides is 1. The molecule has 0 aliphatic heterocycles. The second-order valence-corrected chi connectivity index (χ2v) is 6.95. The molecular formula is C25H24N2O5. The third-order valence-corrected chi connectivity index (χ3v) is 4.62. The van der Waals surface area contributed by atoms with Gasteiger partial charge in [0.05, 0.1) is 31.6 Å². The van der Waals surface area contributed by atoms with Crippen LogP contribution in [0.15, 0.2) is 71.8 Å². The van der Waals surface area contributed by atoms with E-state index in [4.69, 9.17) is 14.2 Å². The first-order chi connectivity index (χ1) is 15.5. The lowest BCUT2D eigenvalue weighted by Gasteiger charge is -2.08. The van der Waals surface area contributed by atoms with Gasteiger partial charge in [0.15, 0.2) is 0 Å². The van der Waals surface area contributed by atoms with Gasteiger partial charge in [0.1, 0.15) is 18.1 Å². The zero-order valence-electron chi connectivity index (χ0n) is 18.1. The van der Waals surface area contributed by atoms with Crippen LogP contribution in [0.1, 0.15) is 37.4 Å². The molecule has 0 saturated carbocycles. The summed E-state index contributed by atoms with van der Waals surface area (Å²) in [6.07, 6.45) is 1.54. The minimum atomic E-state index is -0.377. The van der Waals surface area contributed by atoms with E-state index >= 15 is 0 Å². The number of methoxy groups -OCH3 is 2. The normalized spacial score (nSPS) is 10.6. The molecule has 0 aliphatic rings. The number of hydrogen-bond donors (Lipinski definition) is 1. The van der Waals surface area contributed by atoms with Gasteiger partial charge in [0.25, 0.3) is 5.91 Å². The van der Waals surface area contributed by atoms with E-state index in [1.165, 1.54) is 20.4 Å². The average molecular weight is 432 g/mol. The van der Waals surface area contributed by atoms with Crippen molar-refractivity contribution in [2.24, 2.45) is 5.10 Å². The van der Waals surface area contributed by atoms with Crippen molar-refractivity contribution in [1.82, 2.24) is 5.43 Å². The lowest BCUT2D eigenvalue weighted by molar-refractivity contribution is 0.0600. The Morgan fingerprint density at radius 3 is 2.50 bits per heavy atom. The molecule has 32 heavy (non-hydrogen) atoms. The van der Waals surface area contributed by atoms with Crippen LogP contribution in [0.5, 0.6) is 11.5 Å². The number of aryl methyl sites for hydroxylation is 1. The second kappa shape index (κ2) is 10.8. The number of hydrogen-bond acceptors (Lipinski definition) is 6. The molecule has 7 nitrogen and oxygen atoms in total. The molecule has 164 valence electrons. The Kier molecular flexibility index (Phi) is 7.59. The van der Waals surface area contributed by atoms with Gasteiger partial charge in [-0.15, -0.1) is 0 Å². The summed E-state index contributed by atoms with van der Waals surface area (Å²) >= 11 is 0. The number of rotatable bonds is 8. The molecule has 0 atom stereocenters. The molecule has 3 aromatic rings. The Balaban J connectivity index is 1.58. The van der Waals surface area contributed by atoms with Crippen molar-refractivity contribution in [3.05, 3.63) is 94.5 Å². The summed E-state index contributed by atoms with van der Waals surface area (Å²) in [6, 6.07) is 19.7. The van der Waals surface area contributed by atoms with Crippen LogP contribution in [-0.2, 0) is 11.3 Å². The maximum atomic E-state index is 12.4. The number of carbonyl (C=O) groups excluding carboxylic acids is 2. The Hall–Kier alpha value is -4.13. The molecule has 3 rings (SSSR count). The summed E-state index contributed by atoms with van der Waals surface area (Å²) in [5.74, 6) is 0.406. The number of benzene rings is 3. The van der Waals surface area contributed by atoms with Crippen molar-refractivity contribution >= 4 is 18.1 Å². The van der Waals surface area contributed by atoms with Gasteiger partial charge >= 0.3 is 5.97 Å². The summed E-state index contributed by atoms with van der Waals surface area (Å²) in [5.41, 5.74) is 6.08. The van der Waals surface area contributed by atoms with Crippen LogP contribution < -0.4 is 14.9 Å². The van der Waals surface area contributed by atoms with Crippen molar-refractivity contribution < 1.29 is 23.8 Å². The smallest absolute Gasteiger partial charge is 0.337 e. The van der Waals surface area contributed by atoms with Gasteiger partial charge in [-0.3, -0.25) is 4.79 Å². The third kappa shape index (κ3) is 5.95. The van der Waals surface area contributed by atoms with E-state index in [1.807, 2.05) is 49.4 Å². The molecular weight excluding hydrogens is 408 g/mol. The van der Waals surface area contributed by atoms with Gasteiger partial charge < -0.3 is 14.2 Å². The first-order valence-corrected chi connectivity index (χ1v) is 9.88. The minimum Gasteiger partial charge on any atom is -0.496 e. The molecule has 0 spiro atoms. The molecule has 0 bridgehead atoms. The second-order valence-electron chi connectivity index (χ2n) is 6.95. The highest BCUT2D eigenvalue weighted by Gasteiger charge is 2.11. The Morgan fingerprint density at radius 1 is 1.00 bits per heavy atom. The van der Waals surface area contributed by atoms with Gasteiger partial charge in [-0.25, -0.2) is 10.2 Å². The quantitative estimate of drug-likeness (QED) is 0.329. The van der Waals surface area contributed by atoms with E-state index in [-0.39, 0.29) is 11.9 Å². The maximum absolute atomic E-state index is 12.4. The van der Waals surface area contributed by atoms with Crippen LogP contribution in [0, 0.1) is 6.92 Å². The van der Waals surface area contributed by atoms with Crippen LogP contribution in [0.25, 0.3) is 0 Å². The van der Waals surface area contributed by atoms with E-state index in [9.17, 15) is 9.59 Å². The van der Waals surface area contributed by atoms with E-state index in [2.05, 4.69) is 10.5 Å². The Morgan fingerprint density at radius 2 is 1.78 bits per heavy atom. The summed E-state index contributed by atoms with van der Waals surface area (Å²) in [7, 11) is 2.87. The molecule has 0 aromatic heterocycles. The highest BCUT2D eigenvalue weighted by atomic mass is 16.5. The average Bonchev–Trinajstić information content (AvgIpc) is 2.82. The monoisotopic (exact) mass is 432 g/mol. The number of hydrazone groups is 1. The van der Waals surface area contributed by atoms with Gasteiger partial charge in [0, 0.05) is 0 Å². The highest BCUT2D eigenvalue weighted by Crippen LogP contribution is 2.20. The standard InChI is InChI=1S/C25H24N2O5/c1-17-7-12-22(23(13-17)30-2)24(28)27-26-15-19-5-4-6-21(14-19)32-16-18-8-10-20(11-9-18)25(29)31-3/h4-15H,16H2,1-3H3,(H,27,28). The number of nitrogens with one attached hydrogen (secondary N) is 1. The zero-order chi connectivity index (χ0) is 22.9. The molecule has 0 fully saturated rings. The molecule has 0 aliphatic carbocycles. The molecule has 1 amide bonds. The lowest BCUT2D eigenvalue weighted by atomic mass is 10.1. The van der Waals surface area contributed by atoms with Crippen molar-refractivity contribution in [2.45, 2.75) is 13.5 Å². The van der Waals surface area contributed by atoms with Crippen LogP contribution in [0.3, 0.4) is 0 Å². The van der Waals surface area contributed by atoms with E-state index in [0.29, 0.717) is 29.2 Å². The van der Waals surface area contributed by atoms with Gasteiger partial charge in [-0.05, 0) is 60.0 Å². The van der Waals surface area contributed by atoms with Gasteiger partial charge in [-0.2, -0.15) is 5.10 Å². The fraction of sp³-hybridized carbons (Fsp3) is 0.160. The topological polar surface area (TPSA) is 86.2 Å². The summed E-state index contributed by atoms with van der Waals surface area (Å²) in [6.45, 7) is 2.26. The molecule has 0 heterocycles. The van der Waals surface area contributed by atoms with Crippen molar-refractivity contribution in [1.29, 1.82) is 0 Å². The molecule has 0 saturated heterocycles. The van der Waals surface area contributed by atoms with Crippen molar-refractivity contribution in [2.75, 3.05) is 14.2 Å². The number of esters is 1. The minimum absolute atomic E-state index is 0.339. The molecule has 1 N–H and O–H groups in total. The van der Waals surface area contributed by atoms with E-state index in [1.54, 1.807) is 24.3 Å². The maximum Gasteiger partial charge on any atom is 0.337 e. The van der Waals surface area contributed by atoms with Gasteiger partial charge in [0.2, 0.25) is 0 Å². The van der Waals surface area contributed by atoms with Crippen LogP contribution in [-0.4, -0.2) is 32.3 Å². The SMILES string of the molecule is COC(=O)c1ccc(COc2cccc(C=NNC(=O)c3ccc(C)cc3OC)c2)cc1. The summed E-state index contributed by atoms with van der Waals surface area (Å²) in [5, 5.41) is 4.03. The molecule has 0 unspecified atom stereocenters. The highest BCUT2D eigenvalue weighted by molar-refractivity contribution is 5.97. The number of ether oxygens (including phenoxy) is 3. The third-order valence-electron chi connectivity index (χ3n) is 4.62. The number of nitrogens with zero attached hydrogens (tertiary/aromatic N) is 1. The van der Waals surface area contributed by atoms with E-state index in [0.717, 1.165) is 16.7 Å². The van der Waals surface area contributed by atoms with E-state index < -0.39 is 0 Å². The fourth-order valence-electron chi connectivity index (χ4n) is 2.92. The number of carbonyl (C=O) groups is 2. The molecule has 0 radical (unpaired) electrons. The molecule has 3 aromatic carbocycles. The zero-order valence-corrected chi connectivity index (χ0v) is 18.1. The Bertz CT molecular complexity index is 1120. The van der Waals surface area contributed by atoms with Crippen LogP contribution in [0.2, 0.25) is 0 Å². The van der Waals surface area contributed by atoms with Crippen molar-refractivity contribution in [3.8, 4) is 11.5 Å². The van der Waals surface area contributed by atoms with Crippen LogP contribution >= 0.6 is 0 Å². The van der Waals surface area contributed by atoms with Crippen LogP contribution in [0.4, 0.5) is 0 Å². The summed E-state index contributed by atoms with van der Waals surface area (Å²) in [4.78, 5) is 23.9.